The van der Waals surface area contributed by atoms with E-state index in [1.165, 1.54) is 0 Å². The first kappa shape index (κ1) is 16.1. The van der Waals surface area contributed by atoms with Crippen molar-refractivity contribution in [1.29, 1.82) is 0 Å². The van der Waals surface area contributed by atoms with Crippen molar-refractivity contribution in [1.82, 2.24) is 0 Å². The minimum Gasteiger partial charge on any atom is -0.545 e. The summed E-state index contributed by atoms with van der Waals surface area (Å²) in [6, 6.07) is 0. The van der Waals surface area contributed by atoms with Gasteiger partial charge in [0.15, 0.2) is 0 Å². The number of carboxylic acids is 1. The van der Waals surface area contributed by atoms with Crippen LogP contribution in [0.4, 0.5) is 0 Å². The number of quaternary nitrogens is 1. The summed E-state index contributed by atoms with van der Waals surface area (Å²) in [5, 5.41) is 37.3. The highest BCUT2D eigenvalue weighted by atomic mass is 16.4. The highest BCUT2D eigenvalue weighted by Crippen LogP contribution is 2.18. The lowest BCUT2D eigenvalue weighted by Gasteiger charge is -2.27. The maximum atomic E-state index is 10.3. The van der Waals surface area contributed by atoms with Gasteiger partial charge in [0.1, 0.15) is 12.2 Å². The number of nitrogens with zero attached hydrogens (tertiary/aromatic N) is 1. The van der Waals surface area contributed by atoms with Gasteiger partial charge in [0.05, 0.1) is 40.3 Å². The Balaban J connectivity index is 0.000000437. The van der Waals surface area contributed by atoms with Crippen molar-refractivity contribution in [3.05, 3.63) is 11.6 Å². The first-order valence-electron chi connectivity index (χ1n) is 5.27. The molecule has 0 aromatic carbocycles. The summed E-state index contributed by atoms with van der Waals surface area (Å²) in [6.07, 6.45) is -3.10. The number of carbonyl (C=O) groups is 1. The van der Waals surface area contributed by atoms with Crippen molar-refractivity contribution in [2.45, 2.75) is 24.7 Å². The highest BCUT2D eigenvalue weighted by molar-refractivity contribution is 5.85. The molecule has 0 saturated carbocycles. The number of aliphatic hydroxyl groups excluding tert-OH is 3. The molecule has 0 radical (unpaired) electrons. The van der Waals surface area contributed by atoms with Crippen LogP contribution in [0.15, 0.2) is 11.6 Å². The Morgan fingerprint density at radius 1 is 1.29 bits per heavy atom. The van der Waals surface area contributed by atoms with Gasteiger partial charge < -0.3 is 29.7 Å². The lowest BCUT2D eigenvalue weighted by atomic mass is 9.92. The molecule has 17 heavy (non-hydrogen) atoms. The van der Waals surface area contributed by atoms with Crippen LogP contribution in [0.25, 0.3) is 0 Å². The molecule has 6 nitrogen and oxygen atoms in total. The summed E-state index contributed by atoms with van der Waals surface area (Å²) in [5.74, 6) is -1.43. The van der Waals surface area contributed by atoms with Crippen molar-refractivity contribution >= 4 is 5.97 Å². The largest absolute Gasteiger partial charge is 0.545 e. The van der Waals surface area contributed by atoms with Gasteiger partial charge in [-0.3, -0.25) is 0 Å². The molecular formula is C11H21NO5. The Morgan fingerprint density at radius 2 is 1.71 bits per heavy atom. The Kier molecular flexibility index (Phi) is 5.77. The zero-order chi connectivity index (χ0) is 13.8. The van der Waals surface area contributed by atoms with Crippen LogP contribution in [0.1, 0.15) is 6.42 Å². The molecular weight excluding hydrogens is 226 g/mol. The quantitative estimate of drug-likeness (QED) is 0.444. The molecule has 3 atom stereocenters. The predicted molar refractivity (Wildman–Crippen MR) is 59.7 cm³/mol. The lowest BCUT2D eigenvalue weighted by Crippen LogP contribution is -2.42. The minimum atomic E-state index is -1.43. The molecule has 0 aromatic heterocycles. The fourth-order valence-electron chi connectivity index (χ4n) is 1.10. The van der Waals surface area contributed by atoms with Crippen LogP contribution < -0.4 is 5.11 Å². The third-order valence-electron chi connectivity index (χ3n) is 1.81. The second kappa shape index (κ2) is 6.11. The number of hydrogen-bond donors (Lipinski definition) is 3. The Bertz CT molecular complexity index is 289. The maximum absolute atomic E-state index is 10.3. The molecule has 1 rings (SSSR count). The molecule has 0 bridgehead atoms. The fraction of sp³-hybridized carbons (Fsp3) is 0.727. The van der Waals surface area contributed by atoms with Gasteiger partial charge in [-0.05, 0) is 11.6 Å². The SMILES string of the molecule is C[N+](C)(C)C.O=C([O-])C1=CC(O)C(O)C(O)C1. The first-order valence-corrected chi connectivity index (χ1v) is 5.27. The molecule has 0 fully saturated rings. The number of carbonyl (C=O) groups excluding carboxylic acids is 1. The molecule has 100 valence electrons. The molecule has 0 heterocycles. The number of rotatable bonds is 1. The molecule has 0 aliphatic heterocycles. The van der Waals surface area contributed by atoms with E-state index in [1.807, 2.05) is 0 Å². The maximum Gasteiger partial charge on any atom is 0.110 e. The summed E-state index contributed by atoms with van der Waals surface area (Å²) in [4.78, 5) is 10.3. The van der Waals surface area contributed by atoms with Gasteiger partial charge in [0.2, 0.25) is 0 Å². The summed E-state index contributed by atoms with van der Waals surface area (Å²) < 4.78 is 1.00. The van der Waals surface area contributed by atoms with Crippen LogP contribution in [0.2, 0.25) is 0 Å². The van der Waals surface area contributed by atoms with E-state index in [9.17, 15) is 9.90 Å². The third-order valence-corrected chi connectivity index (χ3v) is 1.81. The number of hydrogen-bond acceptors (Lipinski definition) is 5. The lowest BCUT2D eigenvalue weighted by molar-refractivity contribution is -0.849. The molecule has 1 aliphatic rings. The van der Waals surface area contributed by atoms with Crippen LogP contribution in [0.3, 0.4) is 0 Å². The van der Waals surface area contributed by atoms with Crippen LogP contribution >= 0.6 is 0 Å². The van der Waals surface area contributed by atoms with Crippen molar-refractivity contribution in [2.24, 2.45) is 0 Å². The topological polar surface area (TPSA) is 101 Å². The average molecular weight is 247 g/mol. The molecule has 3 N–H and O–H groups in total. The van der Waals surface area contributed by atoms with E-state index in [0.29, 0.717) is 0 Å². The normalized spacial score (nSPS) is 28.9. The van der Waals surface area contributed by atoms with Crippen molar-refractivity contribution in [3.63, 3.8) is 0 Å². The van der Waals surface area contributed by atoms with E-state index >= 15 is 0 Å². The van der Waals surface area contributed by atoms with E-state index in [0.717, 1.165) is 10.6 Å². The number of aliphatic hydroxyl groups is 3. The molecule has 0 amide bonds. The van der Waals surface area contributed by atoms with Gasteiger partial charge in [0, 0.05) is 6.42 Å². The summed E-state index contributed by atoms with van der Waals surface area (Å²) in [5.41, 5.74) is -0.180. The molecule has 6 heteroatoms. The van der Waals surface area contributed by atoms with Crippen LogP contribution in [0.5, 0.6) is 0 Å². The zero-order valence-electron chi connectivity index (χ0n) is 10.6. The molecule has 3 unspecified atom stereocenters. The van der Waals surface area contributed by atoms with Crippen molar-refractivity contribution in [3.8, 4) is 0 Å². The molecule has 0 aromatic rings. The number of aliphatic carboxylic acids is 1. The van der Waals surface area contributed by atoms with E-state index in [1.54, 1.807) is 0 Å². The van der Waals surface area contributed by atoms with Crippen LogP contribution in [0, 0.1) is 0 Å². The Labute approximate surface area is 101 Å². The van der Waals surface area contributed by atoms with Crippen LogP contribution in [-0.2, 0) is 4.79 Å². The smallest absolute Gasteiger partial charge is 0.110 e. The zero-order valence-corrected chi connectivity index (χ0v) is 10.6. The molecule has 1 aliphatic carbocycles. The minimum absolute atomic E-state index is 0.180. The first-order chi connectivity index (χ1) is 7.52. The van der Waals surface area contributed by atoms with E-state index in [2.05, 4.69) is 28.2 Å². The summed E-state index contributed by atoms with van der Waals surface area (Å²) in [6.45, 7) is 0. The van der Waals surface area contributed by atoms with E-state index in [4.69, 9.17) is 15.3 Å². The third kappa shape index (κ3) is 7.06. The van der Waals surface area contributed by atoms with E-state index < -0.39 is 24.3 Å². The predicted octanol–water partition coefficient (Wildman–Crippen LogP) is -2.53. The van der Waals surface area contributed by atoms with Crippen molar-refractivity contribution < 1.29 is 29.7 Å². The van der Waals surface area contributed by atoms with Gasteiger partial charge in [-0.25, -0.2) is 0 Å². The number of carboxylic acid groups (broad SMARTS) is 1. The summed E-state index contributed by atoms with van der Waals surface area (Å²) >= 11 is 0. The Hall–Kier alpha value is -0.950. The van der Waals surface area contributed by atoms with Crippen molar-refractivity contribution in [2.75, 3.05) is 28.2 Å². The monoisotopic (exact) mass is 247 g/mol. The Morgan fingerprint density at radius 3 is 2.00 bits per heavy atom. The van der Waals surface area contributed by atoms with Gasteiger partial charge >= 0.3 is 0 Å². The standard InChI is InChI=1S/C7H10O5.C4H12N/c8-4-1-3(7(11)12)2-5(9)6(4)10;1-5(2,3)4/h1,4-6,8-10H,2H2,(H,11,12);1-4H3/q;+1/p-1. The fourth-order valence-corrected chi connectivity index (χ4v) is 1.10. The van der Waals surface area contributed by atoms with E-state index in [-0.39, 0.29) is 12.0 Å². The van der Waals surface area contributed by atoms with Gasteiger partial charge in [0.25, 0.3) is 0 Å². The molecule has 0 saturated heterocycles. The summed E-state index contributed by atoms with van der Waals surface area (Å²) in [7, 11) is 8.50. The second-order valence-corrected chi connectivity index (χ2v) is 5.42. The highest BCUT2D eigenvalue weighted by Gasteiger charge is 2.29. The van der Waals surface area contributed by atoms with Gasteiger partial charge in [-0.15, -0.1) is 0 Å². The second-order valence-electron chi connectivity index (χ2n) is 5.42. The van der Waals surface area contributed by atoms with Gasteiger partial charge in [-0.2, -0.15) is 0 Å². The van der Waals surface area contributed by atoms with Crippen LogP contribution in [-0.4, -0.2) is 72.3 Å². The average Bonchev–Trinajstić information content (AvgIpc) is 2.10. The molecule has 0 spiro atoms. The van der Waals surface area contributed by atoms with Gasteiger partial charge in [-0.1, -0.05) is 0 Å².